The summed E-state index contributed by atoms with van der Waals surface area (Å²) in [5.74, 6) is 0. The van der Waals surface area contributed by atoms with Crippen molar-refractivity contribution < 1.29 is 0 Å². The Hall–Kier alpha value is 0.270. The van der Waals surface area contributed by atoms with Gasteiger partial charge in [0.15, 0.2) is 0 Å². The molecule has 1 N–H and O–H groups in total. The van der Waals surface area contributed by atoms with E-state index in [1.807, 2.05) is 0 Å². The number of thioether (sulfide) groups is 1. The molecule has 0 spiro atoms. The Morgan fingerprint density at radius 3 is 2.45 bits per heavy atom. The summed E-state index contributed by atoms with van der Waals surface area (Å²) in [6.45, 7) is 10.8. The Bertz CT molecular complexity index is 301. The molecule has 2 fully saturated rings. The largest absolute Gasteiger partial charge is 0.309 e. The fourth-order valence-corrected chi connectivity index (χ4v) is 4.94. The van der Waals surface area contributed by atoms with Crippen LogP contribution in [0.4, 0.5) is 0 Å². The van der Waals surface area contributed by atoms with Crippen LogP contribution in [0, 0.1) is 0 Å². The lowest BCUT2D eigenvalue weighted by Gasteiger charge is -2.50. The molecule has 2 aliphatic rings. The maximum absolute atomic E-state index is 3.80. The molecule has 20 heavy (non-hydrogen) atoms. The van der Waals surface area contributed by atoms with E-state index in [1.54, 1.807) is 0 Å². The van der Waals surface area contributed by atoms with E-state index in [1.165, 1.54) is 64.6 Å². The van der Waals surface area contributed by atoms with E-state index in [9.17, 15) is 0 Å². The number of nitrogens with zero attached hydrogens (tertiary/aromatic N) is 1. The molecule has 1 heterocycles. The van der Waals surface area contributed by atoms with Crippen molar-refractivity contribution in [2.24, 2.45) is 0 Å². The van der Waals surface area contributed by atoms with Crippen molar-refractivity contribution >= 4 is 11.8 Å². The van der Waals surface area contributed by atoms with Gasteiger partial charge >= 0.3 is 0 Å². The predicted octanol–water partition coefficient (Wildman–Crippen LogP) is 3.90. The van der Waals surface area contributed by atoms with E-state index in [0.717, 1.165) is 6.04 Å². The van der Waals surface area contributed by atoms with Gasteiger partial charge in [-0.15, -0.1) is 0 Å². The first-order valence-electron chi connectivity index (χ1n) is 8.61. The molecule has 1 aliphatic heterocycles. The lowest BCUT2D eigenvalue weighted by molar-refractivity contribution is 0.0678. The van der Waals surface area contributed by atoms with Gasteiger partial charge in [0, 0.05) is 36.0 Å². The predicted molar refractivity (Wildman–Crippen MR) is 91.7 cm³/mol. The van der Waals surface area contributed by atoms with E-state index in [-0.39, 0.29) is 0 Å². The average Bonchev–Trinajstić information content (AvgIpc) is 2.48. The third kappa shape index (κ3) is 3.72. The Morgan fingerprint density at radius 1 is 1.20 bits per heavy atom. The maximum Gasteiger partial charge on any atom is 0.0284 e. The van der Waals surface area contributed by atoms with Crippen molar-refractivity contribution in [1.82, 2.24) is 10.2 Å². The topological polar surface area (TPSA) is 15.3 Å². The van der Waals surface area contributed by atoms with Gasteiger partial charge in [-0.1, -0.05) is 33.1 Å². The quantitative estimate of drug-likeness (QED) is 0.828. The Kier molecular flexibility index (Phi) is 5.84. The van der Waals surface area contributed by atoms with Crippen LogP contribution in [0.2, 0.25) is 0 Å². The zero-order chi connectivity index (χ0) is 14.6. The first-order valence-corrected chi connectivity index (χ1v) is 9.83. The van der Waals surface area contributed by atoms with Crippen LogP contribution in [0.5, 0.6) is 0 Å². The molecule has 2 atom stereocenters. The molecule has 3 heteroatoms. The van der Waals surface area contributed by atoms with E-state index in [4.69, 9.17) is 0 Å². The molecular weight excluding hydrogens is 264 g/mol. The molecule has 0 bridgehead atoms. The number of hydrogen-bond donors (Lipinski definition) is 1. The van der Waals surface area contributed by atoms with Gasteiger partial charge in [-0.05, 0) is 38.9 Å². The molecular formula is C17H34N2S. The summed E-state index contributed by atoms with van der Waals surface area (Å²) < 4.78 is 0.539. The van der Waals surface area contributed by atoms with Crippen molar-refractivity contribution in [2.45, 2.75) is 82.0 Å². The summed E-state index contributed by atoms with van der Waals surface area (Å²) in [6.07, 6.45) is 12.0. The van der Waals surface area contributed by atoms with Crippen LogP contribution in [0.3, 0.4) is 0 Å². The van der Waals surface area contributed by atoms with E-state index in [0.29, 0.717) is 10.3 Å². The minimum absolute atomic E-state index is 0.319. The van der Waals surface area contributed by atoms with Gasteiger partial charge in [-0.2, -0.15) is 11.8 Å². The second-order valence-electron chi connectivity index (χ2n) is 7.21. The van der Waals surface area contributed by atoms with E-state index < -0.39 is 0 Å². The second kappa shape index (κ2) is 7.02. The SMILES string of the molecule is CCC1CNC(C)(CC)CN1CC1(SC)CCCCC1. The molecule has 0 amide bonds. The van der Waals surface area contributed by atoms with Crippen molar-refractivity contribution in [3.8, 4) is 0 Å². The minimum atomic E-state index is 0.319. The summed E-state index contributed by atoms with van der Waals surface area (Å²) >= 11 is 2.15. The van der Waals surface area contributed by atoms with Crippen LogP contribution in [-0.4, -0.2) is 47.1 Å². The molecule has 2 unspecified atom stereocenters. The Balaban J connectivity index is 2.06. The highest BCUT2D eigenvalue weighted by molar-refractivity contribution is 8.00. The molecule has 1 saturated heterocycles. The van der Waals surface area contributed by atoms with Gasteiger partial charge in [-0.25, -0.2) is 0 Å². The van der Waals surface area contributed by atoms with Crippen molar-refractivity contribution in [3.05, 3.63) is 0 Å². The summed E-state index contributed by atoms with van der Waals surface area (Å²) in [5.41, 5.74) is 0.319. The average molecular weight is 299 g/mol. The minimum Gasteiger partial charge on any atom is -0.309 e. The van der Waals surface area contributed by atoms with Crippen LogP contribution >= 0.6 is 11.8 Å². The first-order chi connectivity index (χ1) is 9.56. The van der Waals surface area contributed by atoms with E-state index in [2.05, 4.69) is 49.0 Å². The zero-order valence-corrected chi connectivity index (χ0v) is 14.8. The molecule has 0 aromatic rings. The van der Waals surface area contributed by atoms with Crippen LogP contribution in [0.15, 0.2) is 0 Å². The van der Waals surface area contributed by atoms with Gasteiger partial charge < -0.3 is 5.32 Å². The number of piperazine rings is 1. The number of rotatable bonds is 5. The summed E-state index contributed by atoms with van der Waals surface area (Å²) in [4.78, 5) is 2.82. The van der Waals surface area contributed by atoms with Gasteiger partial charge in [-0.3, -0.25) is 4.90 Å². The highest BCUT2D eigenvalue weighted by atomic mass is 32.2. The van der Waals surface area contributed by atoms with Crippen molar-refractivity contribution in [3.63, 3.8) is 0 Å². The highest BCUT2D eigenvalue weighted by Crippen LogP contribution is 2.40. The standard InChI is InChI=1S/C17H34N2S/c1-5-15-12-18-16(3,6-2)13-19(15)14-17(20-4)10-8-7-9-11-17/h15,18H,5-14H2,1-4H3. The molecule has 1 saturated carbocycles. The summed E-state index contributed by atoms with van der Waals surface area (Å²) in [5, 5.41) is 3.80. The normalized spacial score (nSPS) is 35.1. The van der Waals surface area contributed by atoms with E-state index >= 15 is 0 Å². The van der Waals surface area contributed by atoms with Gasteiger partial charge in [0.2, 0.25) is 0 Å². The van der Waals surface area contributed by atoms with Gasteiger partial charge in [0.25, 0.3) is 0 Å². The molecule has 118 valence electrons. The monoisotopic (exact) mass is 298 g/mol. The smallest absolute Gasteiger partial charge is 0.0284 e. The second-order valence-corrected chi connectivity index (χ2v) is 8.48. The van der Waals surface area contributed by atoms with Crippen molar-refractivity contribution in [1.29, 1.82) is 0 Å². The Labute approximate surface area is 130 Å². The number of hydrogen-bond acceptors (Lipinski definition) is 3. The van der Waals surface area contributed by atoms with Crippen molar-refractivity contribution in [2.75, 3.05) is 25.9 Å². The molecule has 0 aromatic heterocycles. The van der Waals surface area contributed by atoms with Crippen LogP contribution in [-0.2, 0) is 0 Å². The van der Waals surface area contributed by atoms with Crippen LogP contribution in [0.25, 0.3) is 0 Å². The van der Waals surface area contributed by atoms with Gasteiger partial charge in [0.05, 0.1) is 0 Å². The fraction of sp³-hybridized carbons (Fsp3) is 1.00. The Morgan fingerprint density at radius 2 is 1.90 bits per heavy atom. The van der Waals surface area contributed by atoms with Gasteiger partial charge in [0.1, 0.15) is 0 Å². The first kappa shape index (κ1) is 16.6. The lowest BCUT2D eigenvalue weighted by atomic mass is 9.85. The maximum atomic E-state index is 3.80. The molecule has 0 aromatic carbocycles. The number of nitrogens with one attached hydrogen (secondary N) is 1. The fourth-order valence-electron chi connectivity index (χ4n) is 3.94. The van der Waals surface area contributed by atoms with Crippen LogP contribution < -0.4 is 5.32 Å². The molecule has 0 radical (unpaired) electrons. The summed E-state index contributed by atoms with van der Waals surface area (Å²) in [7, 11) is 0. The molecule has 2 nitrogen and oxygen atoms in total. The highest BCUT2D eigenvalue weighted by Gasteiger charge is 2.39. The molecule has 2 rings (SSSR count). The zero-order valence-electron chi connectivity index (χ0n) is 14.0. The third-order valence-corrected chi connectivity index (χ3v) is 7.18. The lowest BCUT2D eigenvalue weighted by Crippen LogP contribution is -2.64. The third-order valence-electron chi connectivity index (χ3n) is 5.77. The molecule has 1 aliphatic carbocycles. The van der Waals surface area contributed by atoms with Crippen LogP contribution in [0.1, 0.15) is 65.7 Å². The summed E-state index contributed by atoms with van der Waals surface area (Å²) in [6, 6.07) is 0.737.